The van der Waals surface area contributed by atoms with Crippen LogP contribution in [-0.4, -0.2) is 76.1 Å². The van der Waals surface area contributed by atoms with Crippen molar-refractivity contribution in [3.8, 4) is 11.5 Å². The fourth-order valence-corrected chi connectivity index (χ4v) is 10.0. The number of hydrogen-bond donors (Lipinski definition) is 1. The first-order valence-corrected chi connectivity index (χ1v) is 20.4. The highest BCUT2D eigenvalue weighted by Gasteiger charge is 2.46. The van der Waals surface area contributed by atoms with Crippen LogP contribution >= 0.6 is 8.45 Å². The van der Waals surface area contributed by atoms with Crippen LogP contribution in [0.5, 0.6) is 11.5 Å². The molecule has 1 N–H and O–H groups in total. The number of hydrogen-bond acceptors (Lipinski definition) is 9. The summed E-state index contributed by atoms with van der Waals surface area (Å²) < 4.78 is 39.0. The van der Waals surface area contributed by atoms with Gasteiger partial charge in [0.1, 0.15) is 29.4 Å². The van der Waals surface area contributed by atoms with Crippen molar-refractivity contribution < 1.29 is 23.5 Å². The van der Waals surface area contributed by atoms with Crippen molar-refractivity contribution in [3.05, 3.63) is 128 Å². The van der Waals surface area contributed by atoms with E-state index in [9.17, 15) is 9.59 Å². The highest BCUT2D eigenvalue weighted by molar-refractivity contribution is 7.47. The first-order valence-electron chi connectivity index (χ1n) is 19.2. The van der Waals surface area contributed by atoms with Crippen molar-refractivity contribution in [2.45, 2.75) is 117 Å². The number of aromatic nitrogens is 2. The van der Waals surface area contributed by atoms with Gasteiger partial charge in [-0.25, -0.2) is 14.1 Å². The highest BCUT2D eigenvalue weighted by Crippen LogP contribution is 2.54. The summed E-state index contributed by atoms with van der Waals surface area (Å²) in [5, 5.41) is 0. The molecule has 11 nitrogen and oxygen atoms in total. The van der Waals surface area contributed by atoms with Gasteiger partial charge in [-0.1, -0.05) is 54.6 Å². The maximum atomic E-state index is 13.3. The van der Waals surface area contributed by atoms with Crippen molar-refractivity contribution in [2.24, 2.45) is 0 Å². The van der Waals surface area contributed by atoms with Crippen LogP contribution in [0, 0.1) is 6.92 Å². The number of nitrogens with zero attached hydrogens (tertiary/aromatic N) is 3. The predicted molar refractivity (Wildman–Crippen MR) is 219 cm³/mol. The van der Waals surface area contributed by atoms with Gasteiger partial charge < -0.3 is 23.5 Å². The third-order valence-corrected chi connectivity index (χ3v) is 13.1. The van der Waals surface area contributed by atoms with E-state index in [1.807, 2.05) is 66.7 Å². The first kappa shape index (κ1) is 42.3. The number of aromatic amines is 1. The number of benzene rings is 3. The van der Waals surface area contributed by atoms with E-state index < -0.39 is 43.7 Å². The van der Waals surface area contributed by atoms with E-state index in [0.717, 1.165) is 28.2 Å². The molecule has 2 heterocycles. The Morgan fingerprint density at radius 2 is 1.24 bits per heavy atom. The Hall–Kier alpha value is -3.83. The molecule has 0 radical (unpaired) electrons. The second-order valence-corrected chi connectivity index (χ2v) is 16.8. The van der Waals surface area contributed by atoms with E-state index in [1.165, 1.54) is 4.57 Å². The molecule has 1 saturated heterocycles. The molecule has 4 aromatic rings. The lowest BCUT2D eigenvalue weighted by atomic mass is 9.80. The quantitative estimate of drug-likeness (QED) is 0.0844. The SMILES string of the molecule is COc1ccc(C(OC[C@H]2O[C@@H](n3cc(C)c(=O)[nH]c3=O)CC2OP(N(C(C)C)C(C)C)N(C(C)C)C(C)C)(c2ccccc2)c2ccc(OC)cc2)cc1. The Balaban J connectivity index is 1.65. The molecule has 1 fully saturated rings. The zero-order chi connectivity index (χ0) is 40.0. The Labute approximate surface area is 327 Å². The van der Waals surface area contributed by atoms with Gasteiger partial charge in [0.2, 0.25) is 0 Å². The summed E-state index contributed by atoms with van der Waals surface area (Å²) in [5.74, 6) is 1.45. The summed E-state index contributed by atoms with van der Waals surface area (Å²) >= 11 is 0. The Morgan fingerprint density at radius 1 is 0.764 bits per heavy atom. The van der Waals surface area contributed by atoms with E-state index >= 15 is 0 Å². The molecular formula is C43H59N4O7P. The van der Waals surface area contributed by atoms with E-state index in [4.69, 9.17) is 23.5 Å². The smallest absolute Gasteiger partial charge is 0.330 e. The number of rotatable bonds is 17. The van der Waals surface area contributed by atoms with Gasteiger partial charge in [-0.3, -0.25) is 14.3 Å². The summed E-state index contributed by atoms with van der Waals surface area (Å²) in [7, 11) is 1.99. The largest absolute Gasteiger partial charge is 0.497 e. The molecule has 0 aliphatic carbocycles. The zero-order valence-corrected chi connectivity index (χ0v) is 35.1. The van der Waals surface area contributed by atoms with Crippen molar-refractivity contribution in [2.75, 3.05) is 20.8 Å². The van der Waals surface area contributed by atoms with Crippen LogP contribution in [-0.2, 0) is 19.6 Å². The molecule has 3 atom stereocenters. The molecule has 298 valence electrons. The van der Waals surface area contributed by atoms with Gasteiger partial charge in [0.25, 0.3) is 5.56 Å². The molecule has 1 aromatic heterocycles. The minimum atomic E-state index is -1.31. The van der Waals surface area contributed by atoms with Gasteiger partial charge in [0.05, 0.1) is 26.9 Å². The van der Waals surface area contributed by atoms with E-state index in [0.29, 0.717) is 12.0 Å². The van der Waals surface area contributed by atoms with Crippen LogP contribution < -0.4 is 20.7 Å². The second kappa shape index (κ2) is 18.4. The summed E-state index contributed by atoms with van der Waals surface area (Å²) in [5.41, 5.74) is 1.08. The molecule has 12 heteroatoms. The van der Waals surface area contributed by atoms with Gasteiger partial charge in [0.15, 0.2) is 8.45 Å². The molecule has 3 aromatic carbocycles. The number of H-pyrrole nitrogens is 1. The third-order valence-electron chi connectivity index (χ3n) is 10.0. The van der Waals surface area contributed by atoms with Crippen LogP contribution in [0.1, 0.15) is 90.3 Å². The zero-order valence-electron chi connectivity index (χ0n) is 34.2. The van der Waals surface area contributed by atoms with E-state index in [2.05, 4.69) is 81.8 Å². The molecule has 1 unspecified atom stereocenters. The van der Waals surface area contributed by atoms with Crippen LogP contribution in [0.25, 0.3) is 0 Å². The van der Waals surface area contributed by atoms with Gasteiger partial charge >= 0.3 is 5.69 Å². The van der Waals surface area contributed by atoms with Gasteiger partial charge in [-0.15, -0.1) is 0 Å². The molecule has 55 heavy (non-hydrogen) atoms. The van der Waals surface area contributed by atoms with Crippen LogP contribution in [0.2, 0.25) is 0 Å². The summed E-state index contributed by atoms with van der Waals surface area (Å²) in [4.78, 5) is 28.1. The number of ether oxygens (including phenoxy) is 4. The molecule has 5 rings (SSSR count). The summed E-state index contributed by atoms with van der Waals surface area (Å²) in [6.07, 6.45) is 0.160. The van der Waals surface area contributed by atoms with E-state index in [1.54, 1.807) is 27.3 Å². The normalized spacial score (nSPS) is 17.8. The number of nitrogens with one attached hydrogen (secondary N) is 1. The third kappa shape index (κ3) is 9.25. The topological polar surface area (TPSA) is 107 Å². The van der Waals surface area contributed by atoms with Crippen molar-refractivity contribution >= 4 is 8.45 Å². The van der Waals surface area contributed by atoms with E-state index in [-0.39, 0.29) is 30.8 Å². The number of methoxy groups -OCH3 is 2. The second-order valence-electron chi connectivity index (χ2n) is 15.2. The lowest BCUT2D eigenvalue weighted by molar-refractivity contribution is -0.0922. The lowest BCUT2D eigenvalue weighted by Gasteiger charge is -2.47. The van der Waals surface area contributed by atoms with Crippen LogP contribution in [0.3, 0.4) is 0 Å². The minimum absolute atomic E-state index is 0.112. The Bertz CT molecular complexity index is 1850. The van der Waals surface area contributed by atoms with Crippen molar-refractivity contribution in [1.29, 1.82) is 0 Å². The van der Waals surface area contributed by atoms with Gasteiger partial charge in [-0.05, 0) is 103 Å². The van der Waals surface area contributed by atoms with Crippen LogP contribution in [0.15, 0.2) is 94.6 Å². The predicted octanol–water partition coefficient (Wildman–Crippen LogP) is 8.01. The molecule has 0 amide bonds. The van der Waals surface area contributed by atoms with Gasteiger partial charge in [-0.2, -0.15) is 0 Å². The first-order chi connectivity index (χ1) is 26.2. The fraction of sp³-hybridized carbons (Fsp3) is 0.488. The Morgan fingerprint density at radius 3 is 1.69 bits per heavy atom. The average molecular weight is 775 g/mol. The Kier molecular flexibility index (Phi) is 14.2. The summed E-state index contributed by atoms with van der Waals surface area (Å²) in [6.45, 7) is 19.4. The molecule has 1 aliphatic heterocycles. The maximum absolute atomic E-state index is 13.3. The van der Waals surface area contributed by atoms with Gasteiger partial charge in [0, 0.05) is 42.3 Å². The fourth-order valence-electron chi connectivity index (χ4n) is 7.55. The van der Waals surface area contributed by atoms with Crippen molar-refractivity contribution in [1.82, 2.24) is 18.9 Å². The van der Waals surface area contributed by atoms with Crippen molar-refractivity contribution in [3.63, 3.8) is 0 Å². The molecule has 0 saturated carbocycles. The molecule has 0 bridgehead atoms. The highest BCUT2D eigenvalue weighted by atomic mass is 31.2. The van der Waals surface area contributed by atoms with Crippen LogP contribution in [0.4, 0.5) is 0 Å². The standard InChI is InChI=1S/C43H59N4O7P/c1-28(2)46(29(3)4)55(47(30(5)6)31(7)8)54-38-25-40(45-26-32(9)41(48)44-42(45)49)53-39(38)27-52-43(33-15-13-12-14-16-33,34-17-21-36(50-10)22-18-34)35-19-23-37(51-11)24-20-35/h12-24,26,28-31,38-40H,25,27H2,1-11H3,(H,44,48,49)/t38?,39-,40-/m1/s1. The lowest BCUT2D eigenvalue weighted by Crippen LogP contribution is -2.45. The molecule has 1 aliphatic rings. The molecular weight excluding hydrogens is 715 g/mol. The maximum Gasteiger partial charge on any atom is 0.330 e. The molecule has 0 spiro atoms. The average Bonchev–Trinajstić information content (AvgIpc) is 3.55. The minimum Gasteiger partial charge on any atom is -0.497 e. The summed E-state index contributed by atoms with van der Waals surface area (Å²) in [6, 6.07) is 26.7. The monoisotopic (exact) mass is 774 g/mol. The number of aryl methyl sites for hydroxylation is 1.